The van der Waals surface area contributed by atoms with Crippen molar-refractivity contribution in [2.75, 3.05) is 11.9 Å². The molecule has 0 aliphatic heterocycles. The Bertz CT molecular complexity index is 999. The lowest BCUT2D eigenvalue weighted by atomic mass is 10.1. The fourth-order valence-electron chi connectivity index (χ4n) is 2.82. The first-order chi connectivity index (χ1) is 12.9. The van der Waals surface area contributed by atoms with E-state index < -0.39 is 5.82 Å². The SMILES string of the molecule is C=C(NCCCC)c1cc2c(ncn2C)c(F)c1Nc1ccc(Br)cc1Cl. The standard InChI is InChI=1S/C20H21BrClFN4/c1-4-5-8-24-12(2)14-10-17-20(25-11-27(17)3)18(23)19(14)26-16-7-6-13(21)9-15(16)22/h6-7,9-11,24,26H,2,4-5,8H2,1,3H3. The Morgan fingerprint density at radius 1 is 1.37 bits per heavy atom. The number of halogens is 3. The summed E-state index contributed by atoms with van der Waals surface area (Å²) in [7, 11) is 1.84. The van der Waals surface area contributed by atoms with Crippen molar-refractivity contribution in [3.05, 3.63) is 58.0 Å². The Kier molecular flexibility index (Phi) is 6.07. The number of nitrogens with one attached hydrogen (secondary N) is 2. The van der Waals surface area contributed by atoms with Crippen LogP contribution in [0.15, 0.2) is 41.6 Å². The van der Waals surface area contributed by atoms with Gasteiger partial charge in [-0.25, -0.2) is 9.37 Å². The Hall–Kier alpha value is -2.05. The average molecular weight is 452 g/mol. The molecule has 0 unspecified atom stereocenters. The van der Waals surface area contributed by atoms with Crippen LogP contribution < -0.4 is 10.6 Å². The normalized spacial score (nSPS) is 11.0. The van der Waals surface area contributed by atoms with Crippen molar-refractivity contribution < 1.29 is 4.39 Å². The van der Waals surface area contributed by atoms with E-state index in [9.17, 15) is 0 Å². The quantitative estimate of drug-likeness (QED) is 0.418. The number of benzene rings is 2. The molecule has 0 radical (unpaired) electrons. The van der Waals surface area contributed by atoms with Crippen molar-refractivity contribution in [3.63, 3.8) is 0 Å². The lowest BCUT2D eigenvalue weighted by Gasteiger charge is -2.18. The molecule has 2 aromatic carbocycles. The number of aryl methyl sites for hydroxylation is 1. The molecular formula is C20H21BrClFN4. The molecule has 0 fully saturated rings. The van der Waals surface area contributed by atoms with Crippen LogP contribution >= 0.6 is 27.5 Å². The second-order valence-electron chi connectivity index (χ2n) is 6.34. The lowest BCUT2D eigenvalue weighted by Crippen LogP contribution is -2.14. The molecule has 0 atom stereocenters. The number of unbranched alkanes of at least 4 members (excludes halogenated alkanes) is 1. The van der Waals surface area contributed by atoms with Crippen LogP contribution in [0.3, 0.4) is 0 Å². The molecule has 2 N–H and O–H groups in total. The summed E-state index contributed by atoms with van der Waals surface area (Å²) in [5, 5.41) is 6.90. The van der Waals surface area contributed by atoms with Gasteiger partial charge < -0.3 is 15.2 Å². The van der Waals surface area contributed by atoms with Crippen molar-refractivity contribution in [2.24, 2.45) is 7.05 Å². The van der Waals surface area contributed by atoms with E-state index in [1.807, 2.05) is 19.2 Å². The zero-order valence-electron chi connectivity index (χ0n) is 15.2. The molecule has 0 saturated carbocycles. The minimum absolute atomic E-state index is 0.304. The first-order valence-corrected chi connectivity index (χ1v) is 9.88. The Labute approximate surface area is 171 Å². The minimum atomic E-state index is -0.430. The summed E-state index contributed by atoms with van der Waals surface area (Å²) in [6, 6.07) is 7.29. The number of hydrogen-bond acceptors (Lipinski definition) is 3. The fourth-order valence-corrected chi connectivity index (χ4v) is 3.54. The molecule has 0 aliphatic rings. The third-order valence-corrected chi connectivity index (χ3v) is 5.15. The van der Waals surface area contributed by atoms with Gasteiger partial charge in [-0.05, 0) is 30.7 Å². The second-order valence-corrected chi connectivity index (χ2v) is 7.67. The van der Waals surface area contributed by atoms with Gasteiger partial charge in [0.05, 0.1) is 28.2 Å². The Morgan fingerprint density at radius 2 is 2.15 bits per heavy atom. The molecule has 3 rings (SSSR count). The van der Waals surface area contributed by atoms with Gasteiger partial charge in [-0.1, -0.05) is 47.5 Å². The number of fused-ring (bicyclic) bond motifs is 1. The zero-order valence-corrected chi connectivity index (χ0v) is 17.6. The summed E-state index contributed by atoms with van der Waals surface area (Å²) in [6.45, 7) is 7.01. The highest BCUT2D eigenvalue weighted by Crippen LogP contribution is 2.36. The maximum absolute atomic E-state index is 15.3. The molecule has 3 aromatic rings. The van der Waals surface area contributed by atoms with Gasteiger partial charge >= 0.3 is 0 Å². The molecule has 27 heavy (non-hydrogen) atoms. The Balaban J connectivity index is 2.09. The summed E-state index contributed by atoms with van der Waals surface area (Å²) in [5.74, 6) is -0.430. The van der Waals surface area contributed by atoms with E-state index in [0.717, 1.165) is 23.9 Å². The van der Waals surface area contributed by atoms with Crippen molar-refractivity contribution in [1.29, 1.82) is 0 Å². The molecule has 1 aromatic heterocycles. The highest BCUT2D eigenvalue weighted by Gasteiger charge is 2.19. The van der Waals surface area contributed by atoms with Crippen molar-refractivity contribution in [3.8, 4) is 0 Å². The maximum Gasteiger partial charge on any atom is 0.175 e. The van der Waals surface area contributed by atoms with Gasteiger partial charge in [-0.2, -0.15) is 0 Å². The van der Waals surface area contributed by atoms with Gasteiger partial charge in [0.15, 0.2) is 5.82 Å². The summed E-state index contributed by atoms with van der Waals surface area (Å²) in [4.78, 5) is 4.19. The predicted molar refractivity (Wildman–Crippen MR) is 115 cm³/mol. The smallest absolute Gasteiger partial charge is 0.175 e. The number of imidazole rings is 1. The summed E-state index contributed by atoms with van der Waals surface area (Å²) >= 11 is 9.70. The highest BCUT2D eigenvalue weighted by atomic mass is 79.9. The van der Waals surface area contributed by atoms with Gasteiger partial charge in [-0.3, -0.25) is 0 Å². The zero-order chi connectivity index (χ0) is 19.6. The molecule has 7 heteroatoms. The van der Waals surface area contributed by atoms with E-state index in [2.05, 4.69) is 45.1 Å². The number of rotatable bonds is 7. The van der Waals surface area contributed by atoms with Gasteiger partial charge in [0, 0.05) is 29.3 Å². The third kappa shape index (κ3) is 4.12. The third-order valence-electron chi connectivity index (χ3n) is 4.35. The van der Waals surface area contributed by atoms with Crippen molar-refractivity contribution >= 4 is 55.6 Å². The van der Waals surface area contributed by atoms with Crippen LogP contribution in [0.4, 0.5) is 15.8 Å². The predicted octanol–water partition coefficient (Wildman–Crippen LogP) is 6.23. The van der Waals surface area contributed by atoms with E-state index in [1.165, 1.54) is 0 Å². The number of hydrogen-bond donors (Lipinski definition) is 2. The summed E-state index contributed by atoms with van der Waals surface area (Å²) in [6.07, 6.45) is 3.67. The maximum atomic E-state index is 15.3. The Morgan fingerprint density at radius 3 is 2.85 bits per heavy atom. The lowest BCUT2D eigenvalue weighted by molar-refractivity contribution is 0.640. The van der Waals surface area contributed by atoms with E-state index >= 15 is 4.39 Å². The molecule has 142 valence electrons. The van der Waals surface area contributed by atoms with E-state index in [0.29, 0.717) is 38.7 Å². The van der Waals surface area contributed by atoms with Gasteiger partial charge in [-0.15, -0.1) is 0 Å². The van der Waals surface area contributed by atoms with Gasteiger partial charge in [0.25, 0.3) is 0 Å². The van der Waals surface area contributed by atoms with Crippen LogP contribution in [0.5, 0.6) is 0 Å². The van der Waals surface area contributed by atoms with Crippen LogP contribution in [0.2, 0.25) is 5.02 Å². The number of anilines is 2. The molecule has 0 spiro atoms. The average Bonchev–Trinajstić information content (AvgIpc) is 3.00. The molecule has 0 aliphatic carbocycles. The second kappa shape index (κ2) is 8.31. The summed E-state index contributed by atoms with van der Waals surface area (Å²) < 4.78 is 18.0. The molecule has 4 nitrogen and oxygen atoms in total. The van der Waals surface area contributed by atoms with E-state index in [-0.39, 0.29) is 0 Å². The number of aromatic nitrogens is 2. The first kappa shape index (κ1) is 19.7. The molecule has 0 amide bonds. The summed E-state index contributed by atoms with van der Waals surface area (Å²) in [5.41, 5.74) is 3.22. The van der Waals surface area contributed by atoms with E-state index in [4.69, 9.17) is 11.6 Å². The van der Waals surface area contributed by atoms with Crippen LogP contribution in [0.25, 0.3) is 16.7 Å². The van der Waals surface area contributed by atoms with Crippen molar-refractivity contribution in [1.82, 2.24) is 14.9 Å². The van der Waals surface area contributed by atoms with Gasteiger partial charge in [0.1, 0.15) is 5.52 Å². The van der Waals surface area contributed by atoms with Crippen molar-refractivity contribution in [2.45, 2.75) is 19.8 Å². The van der Waals surface area contributed by atoms with E-state index in [1.54, 1.807) is 23.0 Å². The fraction of sp³-hybridized carbons (Fsp3) is 0.250. The van der Waals surface area contributed by atoms with Crippen LogP contribution in [0, 0.1) is 5.82 Å². The monoisotopic (exact) mass is 450 g/mol. The minimum Gasteiger partial charge on any atom is -0.385 e. The highest BCUT2D eigenvalue weighted by molar-refractivity contribution is 9.10. The van der Waals surface area contributed by atoms with Crippen LogP contribution in [-0.4, -0.2) is 16.1 Å². The first-order valence-electron chi connectivity index (χ1n) is 8.71. The molecule has 1 heterocycles. The molecular weight excluding hydrogens is 431 g/mol. The molecule has 0 saturated heterocycles. The molecule has 0 bridgehead atoms. The number of nitrogens with zero attached hydrogens (tertiary/aromatic N) is 2. The van der Waals surface area contributed by atoms with Crippen LogP contribution in [0.1, 0.15) is 25.3 Å². The van der Waals surface area contributed by atoms with Gasteiger partial charge in [0.2, 0.25) is 0 Å². The topological polar surface area (TPSA) is 41.9 Å². The van der Waals surface area contributed by atoms with Crippen LogP contribution in [-0.2, 0) is 7.05 Å². The largest absolute Gasteiger partial charge is 0.385 e.